The van der Waals surface area contributed by atoms with E-state index in [2.05, 4.69) is 64.3 Å². The number of aromatic nitrogens is 4. The molecule has 0 radical (unpaired) electrons. The Balaban J connectivity index is 1.18. The molecule has 6 nitrogen and oxygen atoms in total. The van der Waals surface area contributed by atoms with E-state index < -0.39 is 0 Å². The van der Waals surface area contributed by atoms with Crippen LogP contribution >= 0.6 is 0 Å². The lowest BCUT2D eigenvalue weighted by atomic mass is 9.89. The van der Waals surface area contributed by atoms with Crippen LogP contribution in [-0.4, -0.2) is 43.2 Å². The van der Waals surface area contributed by atoms with E-state index in [0.29, 0.717) is 17.3 Å². The topological polar surface area (TPSA) is 81.5 Å². The maximum Gasteiger partial charge on any atom is 0.155 e. The first-order valence-corrected chi connectivity index (χ1v) is 15.1. The molecule has 0 saturated carbocycles. The summed E-state index contributed by atoms with van der Waals surface area (Å²) in [7, 11) is 0. The number of hydrogen-bond acceptors (Lipinski definition) is 5. The Morgan fingerprint density at radius 3 is 2.38 bits per heavy atom. The molecule has 4 heterocycles. The van der Waals surface area contributed by atoms with Gasteiger partial charge in [0.05, 0.1) is 11.3 Å². The Morgan fingerprint density at radius 1 is 0.905 bits per heavy atom. The van der Waals surface area contributed by atoms with Crippen molar-refractivity contribution in [2.75, 3.05) is 6.54 Å². The van der Waals surface area contributed by atoms with Gasteiger partial charge in [0.2, 0.25) is 0 Å². The second-order valence-corrected chi connectivity index (χ2v) is 12.4. The van der Waals surface area contributed by atoms with E-state index in [-0.39, 0.29) is 5.54 Å². The standard InChI is InChI=1S/C36H36N6/c1-23-6-7-30(21-37)33(39-23)26-9-11-27(12-10-26)34-32-20-31(22-38-35(32)41-40-34)28-13-8-25-14-16-36(3,17-15-29(25)19-28)42-18-4-5-24(42)2/h6-13,19-20,22,24H,4-5,14-18H2,1-3H3,(H,38,40,41)/t24-,36+/m1/s1. The molecule has 0 amide bonds. The first-order chi connectivity index (χ1) is 20.4. The molecular formula is C36H36N6. The maximum atomic E-state index is 9.56. The molecule has 0 unspecified atom stereocenters. The normalized spacial score (nSPS) is 20.8. The van der Waals surface area contributed by atoms with Gasteiger partial charge in [0, 0.05) is 45.5 Å². The van der Waals surface area contributed by atoms with Crippen molar-refractivity contribution < 1.29 is 0 Å². The summed E-state index contributed by atoms with van der Waals surface area (Å²) >= 11 is 0. The van der Waals surface area contributed by atoms with Gasteiger partial charge in [0.1, 0.15) is 11.8 Å². The van der Waals surface area contributed by atoms with E-state index in [4.69, 9.17) is 4.98 Å². The fourth-order valence-electron chi connectivity index (χ4n) is 7.17. The number of fused-ring (bicyclic) bond motifs is 2. The first kappa shape index (κ1) is 26.6. The molecule has 6 heteroatoms. The average molecular weight is 553 g/mol. The molecule has 1 N–H and O–H groups in total. The number of aromatic amines is 1. The number of aryl methyl sites for hydroxylation is 3. The molecule has 1 aliphatic carbocycles. The van der Waals surface area contributed by atoms with Gasteiger partial charge in [-0.05, 0) is 101 Å². The molecule has 2 aromatic carbocycles. The van der Waals surface area contributed by atoms with Gasteiger partial charge >= 0.3 is 0 Å². The molecule has 1 fully saturated rings. The van der Waals surface area contributed by atoms with Crippen molar-refractivity contribution in [3.05, 3.63) is 89.2 Å². The predicted molar refractivity (Wildman–Crippen MR) is 168 cm³/mol. The highest BCUT2D eigenvalue weighted by molar-refractivity contribution is 5.93. The summed E-state index contributed by atoms with van der Waals surface area (Å²) in [6.07, 6.45) is 9.30. The second-order valence-electron chi connectivity index (χ2n) is 12.4. The SMILES string of the molecule is Cc1ccc(C#N)c(-c2ccc(-c3n[nH]c4ncc(-c5ccc6c(c5)CC[C@@](C)(N5CCC[C@H]5C)CC6)cc34)cc2)n1. The summed E-state index contributed by atoms with van der Waals surface area (Å²) in [4.78, 5) is 12.1. The van der Waals surface area contributed by atoms with E-state index in [1.165, 1.54) is 48.9 Å². The maximum absolute atomic E-state index is 9.56. The number of likely N-dealkylation sites (tertiary alicyclic amines) is 1. The van der Waals surface area contributed by atoms with Crippen molar-refractivity contribution in [2.45, 2.75) is 70.9 Å². The van der Waals surface area contributed by atoms with Crippen LogP contribution in [0.4, 0.5) is 0 Å². The third-order valence-electron chi connectivity index (χ3n) is 9.65. The fourth-order valence-corrected chi connectivity index (χ4v) is 7.17. The summed E-state index contributed by atoms with van der Waals surface area (Å²) in [6, 6.07) is 24.0. The second kappa shape index (κ2) is 10.5. The van der Waals surface area contributed by atoms with Crippen molar-refractivity contribution in [3.63, 3.8) is 0 Å². The molecule has 5 aromatic rings. The van der Waals surface area contributed by atoms with Crippen LogP contribution in [0.2, 0.25) is 0 Å². The molecule has 0 bridgehead atoms. The Hall–Kier alpha value is -4.34. The molecule has 2 aliphatic rings. The number of pyridine rings is 2. The third kappa shape index (κ3) is 4.68. The Kier molecular flexibility index (Phi) is 6.63. The lowest BCUT2D eigenvalue weighted by molar-refractivity contribution is 0.0821. The lowest BCUT2D eigenvalue weighted by Gasteiger charge is -2.41. The number of nitrogens with zero attached hydrogens (tertiary/aromatic N) is 5. The summed E-state index contributed by atoms with van der Waals surface area (Å²) in [5.74, 6) is 0. The van der Waals surface area contributed by atoms with Crippen LogP contribution in [0.1, 0.15) is 61.9 Å². The highest BCUT2D eigenvalue weighted by Crippen LogP contribution is 2.38. The van der Waals surface area contributed by atoms with E-state index in [1.807, 2.05) is 49.5 Å². The van der Waals surface area contributed by atoms with Crippen molar-refractivity contribution in [2.24, 2.45) is 0 Å². The van der Waals surface area contributed by atoms with Crippen LogP contribution < -0.4 is 0 Å². The van der Waals surface area contributed by atoms with Gasteiger partial charge in [-0.25, -0.2) is 4.98 Å². The number of nitrogens with one attached hydrogen (secondary N) is 1. The van der Waals surface area contributed by atoms with Crippen LogP contribution in [-0.2, 0) is 12.8 Å². The molecule has 1 saturated heterocycles. The van der Waals surface area contributed by atoms with Crippen molar-refractivity contribution in [3.8, 4) is 39.7 Å². The molecule has 210 valence electrons. The van der Waals surface area contributed by atoms with Crippen LogP contribution in [0.3, 0.4) is 0 Å². The third-order valence-corrected chi connectivity index (χ3v) is 9.65. The highest BCUT2D eigenvalue weighted by Gasteiger charge is 2.38. The Morgan fingerprint density at radius 2 is 1.64 bits per heavy atom. The molecule has 3 aromatic heterocycles. The lowest BCUT2D eigenvalue weighted by Crippen LogP contribution is -2.48. The summed E-state index contributed by atoms with van der Waals surface area (Å²) in [6.45, 7) is 8.08. The van der Waals surface area contributed by atoms with E-state index >= 15 is 0 Å². The number of rotatable bonds is 4. The smallest absolute Gasteiger partial charge is 0.155 e. The fraction of sp³-hybridized carbons (Fsp3) is 0.333. The van der Waals surface area contributed by atoms with Gasteiger partial charge in [-0.1, -0.05) is 42.5 Å². The van der Waals surface area contributed by atoms with Gasteiger partial charge < -0.3 is 0 Å². The minimum absolute atomic E-state index is 0.280. The van der Waals surface area contributed by atoms with E-state index in [1.54, 1.807) is 0 Å². The molecule has 0 spiro atoms. The minimum Gasteiger partial charge on any atom is -0.295 e. The molecule has 2 atom stereocenters. The average Bonchev–Trinajstić information content (AvgIpc) is 3.61. The summed E-state index contributed by atoms with van der Waals surface area (Å²) in [5.41, 5.74) is 11.3. The van der Waals surface area contributed by atoms with Gasteiger partial charge in [0.25, 0.3) is 0 Å². The van der Waals surface area contributed by atoms with E-state index in [9.17, 15) is 5.26 Å². The van der Waals surface area contributed by atoms with Crippen molar-refractivity contribution >= 4 is 11.0 Å². The van der Waals surface area contributed by atoms with Crippen molar-refractivity contribution in [1.82, 2.24) is 25.1 Å². The van der Waals surface area contributed by atoms with Crippen LogP contribution in [0.25, 0.3) is 44.7 Å². The Labute approximate surface area is 247 Å². The zero-order chi connectivity index (χ0) is 28.8. The van der Waals surface area contributed by atoms with E-state index in [0.717, 1.165) is 52.0 Å². The van der Waals surface area contributed by atoms with Gasteiger partial charge in [-0.3, -0.25) is 15.0 Å². The Bertz CT molecular complexity index is 1830. The number of benzene rings is 2. The first-order valence-electron chi connectivity index (χ1n) is 15.1. The summed E-state index contributed by atoms with van der Waals surface area (Å²) in [5, 5.41) is 18.3. The highest BCUT2D eigenvalue weighted by atomic mass is 15.2. The van der Waals surface area contributed by atoms with Crippen LogP contribution in [0.5, 0.6) is 0 Å². The molecule has 1 aliphatic heterocycles. The summed E-state index contributed by atoms with van der Waals surface area (Å²) < 4.78 is 0. The quantitative estimate of drug-likeness (QED) is 0.232. The largest absolute Gasteiger partial charge is 0.295 e. The zero-order valence-electron chi connectivity index (χ0n) is 24.6. The van der Waals surface area contributed by atoms with Gasteiger partial charge in [-0.2, -0.15) is 10.4 Å². The van der Waals surface area contributed by atoms with Gasteiger partial charge in [0.15, 0.2) is 5.65 Å². The number of H-pyrrole nitrogens is 1. The molecule has 42 heavy (non-hydrogen) atoms. The monoisotopic (exact) mass is 552 g/mol. The number of hydrogen-bond donors (Lipinski definition) is 1. The minimum atomic E-state index is 0.280. The number of nitriles is 1. The molecular weight excluding hydrogens is 516 g/mol. The predicted octanol–water partition coefficient (Wildman–Crippen LogP) is 7.66. The van der Waals surface area contributed by atoms with Gasteiger partial charge in [-0.15, -0.1) is 0 Å². The van der Waals surface area contributed by atoms with Crippen LogP contribution in [0, 0.1) is 18.3 Å². The van der Waals surface area contributed by atoms with Crippen molar-refractivity contribution in [1.29, 1.82) is 5.26 Å². The molecule has 7 rings (SSSR count). The zero-order valence-corrected chi connectivity index (χ0v) is 24.6. The van der Waals surface area contributed by atoms with Crippen LogP contribution in [0.15, 0.2) is 66.9 Å².